The normalized spacial score (nSPS) is 18.2. The van der Waals surface area contributed by atoms with Gasteiger partial charge in [0.15, 0.2) is 0 Å². The first-order valence-corrected chi connectivity index (χ1v) is 6.18. The van der Waals surface area contributed by atoms with Crippen LogP contribution in [0.15, 0.2) is 22.8 Å². The van der Waals surface area contributed by atoms with Crippen LogP contribution in [0.25, 0.3) is 0 Å². The number of nitrogens with zero attached hydrogens (tertiary/aromatic N) is 1. The second-order valence-corrected chi connectivity index (χ2v) is 4.79. The molecular weight excluding hydrogens is 341 g/mol. The standard InChI is InChI=1S/C11H14BrN3O.2ClH/c12-8-3-4-10(14-6-8)11(16)15-9-2-1-5-13-7-9;;/h3-4,6,9,13H,1-2,5,7H2,(H,15,16);2*1H/t9-;;/m1../s1. The molecular formula is C11H16BrCl2N3O. The number of nitrogens with one attached hydrogen (secondary N) is 2. The maximum atomic E-state index is 11.8. The van der Waals surface area contributed by atoms with E-state index >= 15 is 0 Å². The van der Waals surface area contributed by atoms with Crippen molar-refractivity contribution >= 4 is 46.7 Å². The van der Waals surface area contributed by atoms with Gasteiger partial charge in [-0.3, -0.25) is 4.79 Å². The van der Waals surface area contributed by atoms with Crippen molar-refractivity contribution in [3.63, 3.8) is 0 Å². The summed E-state index contributed by atoms with van der Waals surface area (Å²) in [6.45, 7) is 1.89. The molecule has 18 heavy (non-hydrogen) atoms. The van der Waals surface area contributed by atoms with Crippen molar-refractivity contribution in [1.82, 2.24) is 15.6 Å². The van der Waals surface area contributed by atoms with Gasteiger partial charge in [-0.25, -0.2) is 4.98 Å². The van der Waals surface area contributed by atoms with Crippen LogP contribution in [0.1, 0.15) is 23.3 Å². The predicted octanol–water partition coefficient (Wildman–Crippen LogP) is 2.17. The first kappa shape index (κ1) is 17.6. The molecule has 0 saturated carbocycles. The number of halogens is 3. The molecule has 0 aliphatic carbocycles. The highest BCUT2D eigenvalue weighted by Crippen LogP contribution is 2.08. The maximum absolute atomic E-state index is 11.8. The van der Waals surface area contributed by atoms with E-state index in [9.17, 15) is 4.79 Å². The lowest BCUT2D eigenvalue weighted by Gasteiger charge is -2.23. The van der Waals surface area contributed by atoms with Crippen LogP contribution in [0.2, 0.25) is 0 Å². The molecule has 1 aliphatic rings. The number of pyridine rings is 1. The zero-order valence-electron chi connectivity index (χ0n) is 9.69. The van der Waals surface area contributed by atoms with Crippen molar-refractivity contribution in [3.8, 4) is 0 Å². The summed E-state index contributed by atoms with van der Waals surface area (Å²) in [5, 5.41) is 6.23. The molecule has 0 spiro atoms. The third kappa shape index (κ3) is 5.10. The van der Waals surface area contributed by atoms with Crippen LogP contribution in [-0.4, -0.2) is 30.0 Å². The van der Waals surface area contributed by atoms with Gasteiger partial charge in [0, 0.05) is 23.3 Å². The molecule has 1 atom stereocenters. The summed E-state index contributed by atoms with van der Waals surface area (Å²) in [4.78, 5) is 15.9. The second-order valence-electron chi connectivity index (χ2n) is 3.88. The average Bonchev–Trinajstić information content (AvgIpc) is 2.31. The molecule has 1 aliphatic heterocycles. The summed E-state index contributed by atoms with van der Waals surface area (Å²) < 4.78 is 0.878. The number of rotatable bonds is 2. The van der Waals surface area contributed by atoms with Crippen LogP contribution in [0.3, 0.4) is 0 Å². The third-order valence-corrected chi connectivity index (χ3v) is 3.06. The fourth-order valence-electron chi connectivity index (χ4n) is 1.74. The van der Waals surface area contributed by atoms with E-state index in [0.717, 1.165) is 30.4 Å². The summed E-state index contributed by atoms with van der Waals surface area (Å²) in [5.74, 6) is -0.0961. The minimum absolute atomic E-state index is 0. The van der Waals surface area contributed by atoms with Gasteiger partial charge in [0.2, 0.25) is 0 Å². The molecule has 2 rings (SSSR count). The molecule has 102 valence electrons. The molecule has 1 amide bonds. The van der Waals surface area contributed by atoms with Crippen molar-refractivity contribution < 1.29 is 4.79 Å². The van der Waals surface area contributed by atoms with Gasteiger partial charge in [-0.2, -0.15) is 0 Å². The first-order chi connectivity index (χ1) is 7.75. The highest BCUT2D eigenvalue weighted by atomic mass is 79.9. The van der Waals surface area contributed by atoms with Crippen LogP contribution in [0.4, 0.5) is 0 Å². The van der Waals surface area contributed by atoms with Crippen molar-refractivity contribution in [1.29, 1.82) is 0 Å². The number of carbonyl (C=O) groups excluding carboxylic acids is 1. The van der Waals surface area contributed by atoms with Crippen LogP contribution in [0.5, 0.6) is 0 Å². The van der Waals surface area contributed by atoms with Gasteiger partial charge in [-0.15, -0.1) is 24.8 Å². The molecule has 7 heteroatoms. The van der Waals surface area contributed by atoms with E-state index < -0.39 is 0 Å². The smallest absolute Gasteiger partial charge is 0.270 e. The van der Waals surface area contributed by atoms with Gasteiger partial charge in [0.25, 0.3) is 5.91 Å². The summed E-state index contributed by atoms with van der Waals surface area (Å²) in [6, 6.07) is 3.77. The second kappa shape index (κ2) is 8.69. The van der Waals surface area contributed by atoms with Crippen LogP contribution >= 0.6 is 40.7 Å². The van der Waals surface area contributed by atoms with E-state index in [2.05, 4.69) is 31.5 Å². The number of hydrogen-bond donors (Lipinski definition) is 2. The highest BCUT2D eigenvalue weighted by Gasteiger charge is 2.16. The molecule has 1 aromatic rings. The number of amides is 1. The number of hydrogen-bond acceptors (Lipinski definition) is 3. The van der Waals surface area contributed by atoms with Gasteiger partial charge in [-0.1, -0.05) is 0 Å². The van der Waals surface area contributed by atoms with Gasteiger partial charge in [0.05, 0.1) is 0 Å². The number of piperidine rings is 1. The summed E-state index contributed by atoms with van der Waals surface area (Å²) in [5.41, 5.74) is 0.466. The van der Waals surface area contributed by atoms with Gasteiger partial charge in [0.1, 0.15) is 5.69 Å². The maximum Gasteiger partial charge on any atom is 0.270 e. The molecule has 0 aromatic carbocycles. The lowest BCUT2D eigenvalue weighted by Crippen LogP contribution is -2.45. The Hall–Kier alpha value is -0.360. The van der Waals surface area contributed by atoms with Crippen molar-refractivity contribution in [2.75, 3.05) is 13.1 Å². The van der Waals surface area contributed by atoms with E-state index in [-0.39, 0.29) is 36.8 Å². The Labute approximate surface area is 127 Å². The summed E-state index contributed by atoms with van der Waals surface area (Å²) >= 11 is 3.29. The van der Waals surface area contributed by atoms with E-state index in [1.54, 1.807) is 12.3 Å². The Morgan fingerprint density at radius 2 is 2.22 bits per heavy atom. The fourth-order valence-corrected chi connectivity index (χ4v) is 1.98. The van der Waals surface area contributed by atoms with Crippen molar-refractivity contribution in [2.24, 2.45) is 0 Å². The number of carbonyl (C=O) groups is 1. The minimum atomic E-state index is -0.0961. The average molecular weight is 357 g/mol. The Bertz CT molecular complexity index is 369. The van der Waals surface area contributed by atoms with Gasteiger partial charge < -0.3 is 10.6 Å². The Morgan fingerprint density at radius 3 is 2.78 bits per heavy atom. The van der Waals surface area contributed by atoms with E-state index in [1.807, 2.05) is 6.07 Å². The largest absolute Gasteiger partial charge is 0.347 e. The van der Waals surface area contributed by atoms with Crippen LogP contribution in [0, 0.1) is 0 Å². The molecule has 0 radical (unpaired) electrons. The zero-order valence-corrected chi connectivity index (χ0v) is 12.9. The molecule has 2 heterocycles. The Kier molecular flexibility index (Phi) is 8.52. The van der Waals surface area contributed by atoms with E-state index in [4.69, 9.17) is 0 Å². The molecule has 1 fully saturated rings. The monoisotopic (exact) mass is 355 g/mol. The topological polar surface area (TPSA) is 54.0 Å². The molecule has 1 aromatic heterocycles. The minimum Gasteiger partial charge on any atom is -0.347 e. The van der Waals surface area contributed by atoms with Crippen molar-refractivity contribution in [3.05, 3.63) is 28.5 Å². The van der Waals surface area contributed by atoms with E-state index in [1.165, 1.54) is 0 Å². The SMILES string of the molecule is Cl.Cl.O=C(N[C@@H]1CCCNC1)c1ccc(Br)cn1. The van der Waals surface area contributed by atoms with Gasteiger partial charge in [-0.05, 0) is 47.4 Å². The fraction of sp³-hybridized carbons (Fsp3) is 0.455. The molecule has 1 saturated heterocycles. The summed E-state index contributed by atoms with van der Waals surface area (Å²) in [7, 11) is 0. The lowest BCUT2D eigenvalue weighted by molar-refractivity contribution is 0.0925. The molecule has 4 nitrogen and oxygen atoms in total. The molecule has 0 unspecified atom stereocenters. The van der Waals surface area contributed by atoms with Gasteiger partial charge >= 0.3 is 0 Å². The van der Waals surface area contributed by atoms with Crippen LogP contribution < -0.4 is 10.6 Å². The van der Waals surface area contributed by atoms with Crippen molar-refractivity contribution in [2.45, 2.75) is 18.9 Å². The van der Waals surface area contributed by atoms with Crippen LogP contribution in [-0.2, 0) is 0 Å². The molecule has 0 bridgehead atoms. The molecule has 2 N–H and O–H groups in total. The Morgan fingerprint density at radius 1 is 1.44 bits per heavy atom. The Balaban J connectivity index is 0.00000144. The zero-order chi connectivity index (χ0) is 11.4. The van der Waals surface area contributed by atoms with E-state index in [0.29, 0.717) is 5.69 Å². The third-order valence-electron chi connectivity index (χ3n) is 2.59. The predicted molar refractivity (Wildman–Crippen MR) is 79.8 cm³/mol. The first-order valence-electron chi connectivity index (χ1n) is 5.39. The number of aromatic nitrogens is 1. The quantitative estimate of drug-likeness (QED) is 0.853. The lowest BCUT2D eigenvalue weighted by atomic mass is 10.1. The summed E-state index contributed by atoms with van der Waals surface area (Å²) in [6.07, 6.45) is 3.78. The highest BCUT2D eigenvalue weighted by molar-refractivity contribution is 9.10.